The van der Waals surface area contributed by atoms with Crippen molar-refractivity contribution in [1.29, 1.82) is 0 Å². The lowest BCUT2D eigenvalue weighted by Crippen LogP contribution is -2.34. The van der Waals surface area contributed by atoms with Crippen LogP contribution in [0, 0.1) is 0 Å². The van der Waals surface area contributed by atoms with E-state index >= 15 is 0 Å². The van der Waals surface area contributed by atoms with E-state index in [1.165, 1.54) is 0 Å². The van der Waals surface area contributed by atoms with Gasteiger partial charge in [0, 0.05) is 10.9 Å². The molecule has 142 valence electrons. The van der Waals surface area contributed by atoms with Crippen molar-refractivity contribution in [3.8, 4) is 11.5 Å². The largest absolute Gasteiger partial charge is 0.485 e. The standard InChI is InChI=1S/C21H22O6/c1-21(2,27-16-7-4-3-5-8-16)14-24-11-15-12-26-20-17(15)9-6-10-18(20)25-13-19(22)23/h3-10,12H,11,13-14H2,1-2H3,(H,22,23). The van der Waals surface area contributed by atoms with E-state index in [1.54, 1.807) is 18.4 Å². The van der Waals surface area contributed by atoms with Gasteiger partial charge in [0.2, 0.25) is 0 Å². The summed E-state index contributed by atoms with van der Waals surface area (Å²) in [5.74, 6) is 0.150. The predicted octanol–water partition coefficient (Wildman–Crippen LogP) is 4.27. The molecule has 6 heteroatoms. The predicted molar refractivity (Wildman–Crippen MR) is 100 cm³/mol. The first kappa shape index (κ1) is 18.8. The van der Waals surface area contributed by atoms with Crippen LogP contribution < -0.4 is 9.47 Å². The van der Waals surface area contributed by atoms with Gasteiger partial charge >= 0.3 is 5.97 Å². The highest BCUT2D eigenvalue weighted by Crippen LogP contribution is 2.30. The maximum Gasteiger partial charge on any atom is 0.341 e. The number of para-hydroxylation sites is 2. The molecule has 0 aliphatic rings. The molecule has 0 amide bonds. The summed E-state index contributed by atoms with van der Waals surface area (Å²) in [5, 5.41) is 9.60. The minimum atomic E-state index is -1.04. The van der Waals surface area contributed by atoms with Crippen molar-refractivity contribution in [2.45, 2.75) is 26.1 Å². The third kappa shape index (κ3) is 5.01. The Morgan fingerprint density at radius 2 is 1.89 bits per heavy atom. The Labute approximate surface area is 157 Å². The highest BCUT2D eigenvalue weighted by molar-refractivity contribution is 5.86. The van der Waals surface area contributed by atoms with Crippen molar-refractivity contribution >= 4 is 16.9 Å². The molecule has 1 heterocycles. The average Bonchev–Trinajstić information content (AvgIpc) is 3.04. The third-order valence-electron chi connectivity index (χ3n) is 3.84. The SMILES string of the molecule is CC(C)(COCc1coc2c(OCC(=O)O)cccc12)Oc1ccccc1. The number of aliphatic carboxylic acids is 1. The first-order valence-electron chi connectivity index (χ1n) is 8.60. The van der Waals surface area contributed by atoms with Crippen LogP contribution in [-0.4, -0.2) is 29.9 Å². The van der Waals surface area contributed by atoms with Crippen LogP contribution in [0.1, 0.15) is 19.4 Å². The van der Waals surface area contributed by atoms with E-state index in [4.69, 9.17) is 23.7 Å². The van der Waals surface area contributed by atoms with Gasteiger partial charge in [-0.3, -0.25) is 0 Å². The molecule has 0 unspecified atom stereocenters. The molecule has 0 bridgehead atoms. The molecule has 1 N–H and O–H groups in total. The minimum Gasteiger partial charge on any atom is -0.485 e. The summed E-state index contributed by atoms with van der Waals surface area (Å²) in [6, 6.07) is 15.0. The number of carboxylic acids is 1. The lowest BCUT2D eigenvalue weighted by Gasteiger charge is -2.26. The lowest BCUT2D eigenvalue weighted by atomic mass is 10.1. The van der Waals surface area contributed by atoms with Gasteiger partial charge in [0.15, 0.2) is 17.9 Å². The summed E-state index contributed by atoms with van der Waals surface area (Å²) < 4.78 is 22.6. The second-order valence-corrected chi connectivity index (χ2v) is 6.74. The zero-order chi connectivity index (χ0) is 19.3. The molecule has 3 aromatic rings. The van der Waals surface area contributed by atoms with Crippen molar-refractivity contribution in [2.75, 3.05) is 13.2 Å². The Balaban J connectivity index is 1.62. The van der Waals surface area contributed by atoms with Crippen LogP contribution in [0.3, 0.4) is 0 Å². The highest BCUT2D eigenvalue weighted by atomic mass is 16.5. The van der Waals surface area contributed by atoms with E-state index in [1.807, 2.05) is 50.2 Å². The minimum absolute atomic E-state index is 0.344. The van der Waals surface area contributed by atoms with Gasteiger partial charge in [-0.1, -0.05) is 30.3 Å². The van der Waals surface area contributed by atoms with Crippen LogP contribution in [0.2, 0.25) is 0 Å². The quantitative estimate of drug-likeness (QED) is 0.606. The van der Waals surface area contributed by atoms with Crippen LogP contribution in [-0.2, 0) is 16.1 Å². The Morgan fingerprint density at radius 3 is 2.63 bits per heavy atom. The fourth-order valence-corrected chi connectivity index (χ4v) is 2.69. The van der Waals surface area contributed by atoms with Crippen molar-refractivity contribution in [3.05, 3.63) is 60.4 Å². The molecule has 3 rings (SSSR count). The molecule has 0 aliphatic heterocycles. The second-order valence-electron chi connectivity index (χ2n) is 6.74. The van der Waals surface area contributed by atoms with Gasteiger partial charge < -0.3 is 23.7 Å². The molecule has 0 spiro atoms. The fourth-order valence-electron chi connectivity index (χ4n) is 2.69. The van der Waals surface area contributed by atoms with Crippen LogP contribution in [0.5, 0.6) is 11.5 Å². The number of carboxylic acid groups (broad SMARTS) is 1. The first-order valence-corrected chi connectivity index (χ1v) is 8.60. The normalized spacial score (nSPS) is 11.5. The molecular weight excluding hydrogens is 348 g/mol. The highest BCUT2D eigenvalue weighted by Gasteiger charge is 2.21. The maximum atomic E-state index is 10.7. The summed E-state index contributed by atoms with van der Waals surface area (Å²) in [6.45, 7) is 4.24. The van der Waals surface area contributed by atoms with Crippen molar-refractivity contribution < 1.29 is 28.5 Å². The summed E-state index contributed by atoms with van der Waals surface area (Å²) >= 11 is 0. The molecule has 0 saturated carbocycles. The van der Waals surface area contributed by atoms with Gasteiger partial charge in [-0.05, 0) is 32.0 Å². The second kappa shape index (κ2) is 8.14. The zero-order valence-corrected chi connectivity index (χ0v) is 15.3. The van der Waals surface area contributed by atoms with Gasteiger partial charge in [0.1, 0.15) is 11.4 Å². The smallest absolute Gasteiger partial charge is 0.341 e. The molecule has 0 fully saturated rings. The Kier molecular flexibility index (Phi) is 5.66. The maximum absolute atomic E-state index is 10.7. The summed E-state index contributed by atoms with van der Waals surface area (Å²) in [4.78, 5) is 10.7. The van der Waals surface area contributed by atoms with Gasteiger partial charge in [0.25, 0.3) is 0 Å². The molecule has 0 atom stereocenters. The Bertz CT molecular complexity index is 897. The number of ether oxygens (including phenoxy) is 3. The van der Waals surface area contributed by atoms with Gasteiger partial charge in [-0.2, -0.15) is 0 Å². The number of carbonyl (C=O) groups is 1. The van der Waals surface area contributed by atoms with E-state index < -0.39 is 18.2 Å². The topological polar surface area (TPSA) is 78.1 Å². The molecule has 2 aromatic carbocycles. The van der Waals surface area contributed by atoms with E-state index in [2.05, 4.69) is 0 Å². The van der Waals surface area contributed by atoms with E-state index in [0.717, 1.165) is 16.7 Å². The summed E-state index contributed by atoms with van der Waals surface area (Å²) in [6.07, 6.45) is 1.60. The number of fused-ring (bicyclic) bond motifs is 1. The van der Waals surface area contributed by atoms with Crippen molar-refractivity contribution in [1.82, 2.24) is 0 Å². The summed E-state index contributed by atoms with van der Waals surface area (Å²) in [5.41, 5.74) is 0.884. The van der Waals surface area contributed by atoms with E-state index in [9.17, 15) is 4.79 Å². The number of benzene rings is 2. The van der Waals surface area contributed by atoms with E-state index in [0.29, 0.717) is 24.5 Å². The molecule has 0 aliphatic carbocycles. The zero-order valence-electron chi connectivity index (χ0n) is 15.3. The number of hydrogen-bond acceptors (Lipinski definition) is 5. The molecule has 0 radical (unpaired) electrons. The fraction of sp³-hybridized carbons (Fsp3) is 0.286. The molecule has 27 heavy (non-hydrogen) atoms. The monoisotopic (exact) mass is 370 g/mol. The molecule has 1 aromatic heterocycles. The van der Waals surface area contributed by atoms with E-state index in [-0.39, 0.29) is 0 Å². The van der Waals surface area contributed by atoms with Crippen molar-refractivity contribution in [3.63, 3.8) is 0 Å². The lowest BCUT2D eigenvalue weighted by molar-refractivity contribution is -0.139. The van der Waals surface area contributed by atoms with Gasteiger partial charge in [-0.15, -0.1) is 0 Å². The first-order chi connectivity index (χ1) is 12.9. The Hall–Kier alpha value is -2.99. The Morgan fingerprint density at radius 1 is 1.11 bits per heavy atom. The van der Waals surface area contributed by atoms with Crippen LogP contribution in [0.25, 0.3) is 11.0 Å². The van der Waals surface area contributed by atoms with Crippen LogP contribution >= 0.6 is 0 Å². The number of hydrogen-bond donors (Lipinski definition) is 1. The van der Waals surface area contributed by atoms with Crippen LogP contribution in [0.4, 0.5) is 0 Å². The van der Waals surface area contributed by atoms with Crippen LogP contribution in [0.15, 0.2) is 59.2 Å². The number of furan rings is 1. The molecule has 6 nitrogen and oxygen atoms in total. The van der Waals surface area contributed by atoms with Gasteiger partial charge in [0.05, 0.1) is 19.5 Å². The molecule has 0 saturated heterocycles. The average molecular weight is 370 g/mol. The summed E-state index contributed by atoms with van der Waals surface area (Å²) in [7, 11) is 0. The third-order valence-corrected chi connectivity index (χ3v) is 3.84. The number of rotatable bonds is 9. The van der Waals surface area contributed by atoms with Crippen molar-refractivity contribution in [2.24, 2.45) is 0 Å². The molecular formula is C21H22O6. The van der Waals surface area contributed by atoms with Gasteiger partial charge in [-0.25, -0.2) is 4.79 Å².